The van der Waals surface area contributed by atoms with E-state index in [0.29, 0.717) is 12.5 Å². The molecule has 0 unspecified atom stereocenters. The number of aromatic amines is 1. The van der Waals surface area contributed by atoms with Gasteiger partial charge in [-0.15, -0.1) is 0 Å². The molecule has 1 aliphatic carbocycles. The molecule has 3 heterocycles. The van der Waals surface area contributed by atoms with Crippen LogP contribution in [0.15, 0.2) is 17.2 Å². The number of nitrogens with zero attached hydrogens (tertiary/aromatic N) is 4. The molecule has 0 amide bonds. The molecule has 1 N–H and O–H groups in total. The van der Waals surface area contributed by atoms with Crippen molar-refractivity contribution in [3.8, 4) is 0 Å². The molecule has 6 heteroatoms. The molecule has 25 heavy (non-hydrogen) atoms. The molecule has 2 aromatic heterocycles. The van der Waals surface area contributed by atoms with E-state index in [1.54, 1.807) is 0 Å². The van der Waals surface area contributed by atoms with Gasteiger partial charge in [0.2, 0.25) is 0 Å². The number of aryl methyl sites for hydroxylation is 1. The van der Waals surface area contributed by atoms with Gasteiger partial charge in [0.25, 0.3) is 5.56 Å². The summed E-state index contributed by atoms with van der Waals surface area (Å²) >= 11 is 0. The second kappa shape index (κ2) is 7.12. The highest BCUT2D eigenvalue weighted by atomic mass is 16.1. The van der Waals surface area contributed by atoms with Gasteiger partial charge < -0.3 is 4.98 Å². The molecular formula is C19H27N5O. The Morgan fingerprint density at radius 1 is 1.28 bits per heavy atom. The Morgan fingerprint density at radius 3 is 2.88 bits per heavy atom. The van der Waals surface area contributed by atoms with Gasteiger partial charge in [0, 0.05) is 50.3 Å². The first kappa shape index (κ1) is 16.5. The lowest BCUT2D eigenvalue weighted by atomic mass is 9.88. The predicted octanol–water partition coefficient (Wildman–Crippen LogP) is 2.59. The Labute approximate surface area is 148 Å². The Morgan fingerprint density at radius 2 is 2.12 bits per heavy atom. The van der Waals surface area contributed by atoms with Gasteiger partial charge in [0.15, 0.2) is 0 Å². The maximum atomic E-state index is 12.6. The van der Waals surface area contributed by atoms with Crippen LogP contribution in [0.3, 0.4) is 0 Å². The van der Waals surface area contributed by atoms with Crippen LogP contribution < -0.4 is 5.56 Å². The summed E-state index contributed by atoms with van der Waals surface area (Å²) in [7, 11) is 0. The average molecular weight is 341 g/mol. The van der Waals surface area contributed by atoms with Crippen LogP contribution in [-0.2, 0) is 26.1 Å². The molecule has 1 saturated carbocycles. The molecule has 2 aliphatic rings. The van der Waals surface area contributed by atoms with Crippen LogP contribution in [0.25, 0.3) is 0 Å². The summed E-state index contributed by atoms with van der Waals surface area (Å²) in [6, 6.07) is 0. The zero-order valence-corrected chi connectivity index (χ0v) is 15.0. The topological polar surface area (TPSA) is 66.8 Å². The van der Waals surface area contributed by atoms with Gasteiger partial charge in [-0.3, -0.25) is 14.4 Å². The number of hydrogen-bond donors (Lipinski definition) is 1. The lowest BCUT2D eigenvalue weighted by Crippen LogP contribution is -2.36. The monoisotopic (exact) mass is 341 g/mol. The van der Waals surface area contributed by atoms with Crippen LogP contribution >= 0.6 is 0 Å². The Bertz CT molecular complexity index is 787. The minimum Gasteiger partial charge on any atom is -0.310 e. The second-order valence-corrected chi connectivity index (χ2v) is 7.38. The van der Waals surface area contributed by atoms with E-state index in [4.69, 9.17) is 4.98 Å². The molecule has 0 spiro atoms. The zero-order chi connectivity index (χ0) is 17.2. The fourth-order valence-corrected chi connectivity index (χ4v) is 4.12. The van der Waals surface area contributed by atoms with Gasteiger partial charge in [-0.1, -0.05) is 19.3 Å². The van der Waals surface area contributed by atoms with Crippen LogP contribution in [0, 0.1) is 0 Å². The lowest BCUT2D eigenvalue weighted by Gasteiger charge is -2.28. The minimum absolute atomic E-state index is 0.0690. The van der Waals surface area contributed by atoms with Crippen LogP contribution in [-0.4, -0.2) is 31.2 Å². The van der Waals surface area contributed by atoms with Crippen LogP contribution in [0.4, 0.5) is 0 Å². The quantitative estimate of drug-likeness (QED) is 0.928. The number of fused-ring (bicyclic) bond motifs is 1. The highest BCUT2D eigenvalue weighted by Gasteiger charge is 2.24. The first-order valence-corrected chi connectivity index (χ1v) is 9.58. The van der Waals surface area contributed by atoms with Gasteiger partial charge >= 0.3 is 0 Å². The van der Waals surface area contributed by atoms with Crippen LogP contribution in [0.1, 0.15) is 67.6 Å². The average Bonchev–Trinajstić information content (AvgIpc) is 3.10. The van der Waals surface area contributed by atoms with Crippen molar-refractivity contribution in [1.82, 2.24) is 24.6 Å². The van der Waals surface area contributed by atoms with Crippen LogP contribution in [0.2, 0.25) is 0 Å². The summed E-state index contributed by atoms with van der Waals surface area (Å²) in [6.45, 7) is 5.44. The molecule has 0 aromatic carbocycles. The first-order valence-electron chi connectivity index (χ1n) is 9.58. The largest absolute Gasteiger partial charge is 0.310 e. The molecule has 0 atom stereocenters. The zero-order valence-electron chi connectivity index (χ0n) is 15.0. The molecule has 6 nitrogen and oxygen atoms in total. The number of H-pyrrole nitrogens is 1. The van der Waals surface area contributed by atoms with Crippen molar-refractivity contribution in [3.05, 3.63) is 45.4 Å². The Balaban J connectivity index is 1.50. The summed E-state index contributed by atoms with van der Waals surface area (Å²) in [6.07, 6.45) is 11.0. The third-order valence-corrected chi connectivity index (χ3v) is 5.57. The van der Waals surface area contributed by atoms with E-state index in [1.165, 1.54) is 24.8 Å². The van der Waals surface area contributed by atoms with Gasteiger partial charge in [-0.25, -0.2) is 4.98 Å². The third kappa shape index (κ3) is 3.54. The van der Waals surface area contributed by atoms with Gasteiger partial charge in [0.1, 0.15) is 5.82 Å². The molecule has 0 saturated heterocycles. The highest BCUT2D eigenvalue weighted by molar-refractivity contribution is 5.22. The van der Waals surface area contributed by atoms with E-state index < -0.39 is 0 Å². The number of hydrogen-bond acceptors (Lipinski definition) is 4. The molecule has 134 valence electrons. The number of rotatable bonds is 4. The Kier molecular flexibility index (Phi) is 4.70. The molecule has 2 aromatic rings. The van der Waals surface area contributed by atoms with E-state index in [9.17, 15) is 4.79 Å². The molecule has 0 radical (unpaired) electrons. The molecule has 1 aliphatic heterocycles. The standard InChI is InChI=1S/C19H27N5O/c1-2-24-12-14(10-20-24)11-23-9-8-17-16(13-23)19(25)22-18(21-17)15-6-4-3-5-7-15/h10,12,15H,2-9,11,13H2,1H3,(H,21,22,25). The van der Waals surface area contributed by atoms with E-state index in [1.807, 2.05) is 10.9 Å². The third-order valence-electron chi connectivity index (χ3n) is 5.57. The molecule has 0 bridgehead atoms. The van der Waals surface area contributed by atoms with Crippen molar-refractivity contribution in [2.24, 2.45) is 0 Å². The van der Waals surface area contributed by atoms with E-state index in [0.717, 1.165) is 56.0 Å². The smallest absolute Gasteiger partial charge is 0.255 e. The summed E-state index contributed by atoms with van der Waals surface area (Å²) in [5.41, 5.74) is 3.14. The highest BCUT2D eigenvalue weighted by Crippen LogP contribution is 2.30. The summed E-state index contributed by atoms with van der Waals surface area (Å²) in [5.74, 6) is 1.38. The first-order chi connectivity index (χ1) is 12.2. The summed E-state index contributed by atoms with van der Waals surface area (Å²) in [5, 5.41) is 4.34. The summed E-state index contributed by atoms with van der Waals surface area (Å²) in [4.78, 5) is 22.9. The maximum Gasteiger partial charge on any atom is 0.255 e. The maximum absolute atomic E-state index is 12.6. The molecule has 1 fully saturated rings. The van der Waals surface area contributed by atoms with Crippen molar-refractivity contribution in [1.29, 1.82) is 0 Å². The van der Waals surface area contributed by atoms with Crippen molar-refractivity contribution < 1.29 is 0 Å². The van der Waals surface area contributed by atoms with Crippen molar-refractivity contribution in [3.63, 3.8) is 0 Å². The molecular weight excluding hydrogens is 314 g/mol. The minimum atomic E-state index is 0.0690. The number of nitrogens with one attached hydrogen (secondary N) is 1. The summed E-state index contributed by atoms with van der Waals surface area (Å²) < 4.78 is 1.94. The van der Waals surface area contributed by atoms with E-state index >= 15 is 0 Å². The van der Waals surface area contributed by atoms with Crippen molar-refractivity contribution in [2.75, 3.05) is 6.54 Å². The van der Waals surface area contributed by atoms with E-state index in [2.05, 4.69) is 28.1 Å². The van der Waals surface area contributed by atoms with Crippen LogP contribution in [0.5, 0.6) is 0 Å². The Hall–Kier alpha value is -1.95. The molecule has 4 rings (SSSR count). The lowest BCUT2D eigenvalue weighted by molar-refractivity contribution is 0.241. The SMILES string of the molecule is CCn1cc(CN2CCc3nc(C4CCCCC4)[nH]c(=O)c3C2)cn1. The van der Waals surface area contributed by atoms with Gasteiger partial charge in [-0.05, 0) is 19.8 Å². The fourth-order valence-electron chi connectivity index (χ4n) is 4.12. The van der Waals surface area contributed by atoms with Gasteiger partial charge in [0.05, 0.1) is 17.5 Å². The van der Waals surface area contributed by atoms with Gasteiger partial charge in [-0.2, -0.15) is 5.10 Å². The second-order valence-electron chi connectivity index (χ2n) is 7.38. The fraction of sp³-hybridized carbons (Fsp3) is 0.632. The van der Waals surface area contributed by atoms with E-state index in [-0.39, 0.29) is 5.56 Å². The predicted molar refractivity (Wildman–Crippen MR) is 96.4 cm³/mol. The normalized spacial score (nSPS) is 19.1. The number of aromatic nitrogens is 4. The van der Waals surface area contributed by atoms with Crippen molar-refractivity contribution in [2.45, 2.75) is 71.0 Å². The van der Waals surface area contributed by atoms with Crippen molar-refractivity contribution >= 4 is 0 Å².